The Kier molecular flexibility index (Phi) is 8.94. The zero-order valence-corrected chi connectivity index (χ0v) is 22.9. The number of nitrogens with zero attached hydrogens (tertiary/aromatic N) is 2. The Bertz CT molecular complexity index is 921. The normalized spacial score (nSPS) is 26.5. The summed E-state index contributed by atoms with van der Waals surface area (Å²) < 4.78 is 5.64. The number of anilines is 1. The van der Waals surface area contributed by atoms with Crippen molar-refractivity contribution in [2.45, 2.75) is 77.8 Å². The van der Waals surface area contributed by atoms with E-state index in [1.165, 1.54) is 11.3 Å². The minimum atomic E-state index is -0.184. The molecule has 0 bridgehead atoms. The lowest BCUT2D eigenvalue weighted by molar-refractivity contribution is -0.129. The monoisotopic (exact) mass is 498 g/mol. The highest BCUT2D eigenvalue weighted by Gasteiger charge is 2.33. The molecule has 0 radical (unpaired) electrons. The third-order valence-corrected chi connectivity index (χ3v) is 8.74. The third-order valence-electron chi connectivity index (χ3n) is 8.74. The lowest BCUT2D eigenvalue weighted by Gasteiger charge is -2.38. The molecule has 0 aromatic heterocycles. The molecule has 3 heterocycles. The minimum absolute atomic E-state index is 0.0516. The number of amides is 2. The van der Waals surface area contributed by atoms with Gasteiger partial charge in [-0.3, -0.25) is 9.59 Å². The SMILES string of the molecule is CCN(c1cc(C2CCN(C)CC2)cc(C(=O)NCC2C(=O)NC(C)CC2C)c1C)C1CCOCC1. The molecule has 4 rings (SSSR count). The molecular formula is C29H46N4O3. The number of rotatable bonds is 7. The molecule has 0 aliphatic carbocycles. The molecule has 3 unspecified atom stereocenters. The molecule has 2 N–H and O–H groups in total. The van der Waals surface area contributed by atoms with E-state index < -0.39 is 0 Å². The highest BCUT2D eigenvalue weighted by molar-refractivity contribution is 5.97. The van der Waals surface area contributed by atoms with Gasteiger partial charge in [0, 0.05) is 49.6 Å². The van der Waals surface area contributed by atoms with Crippen LogP contribution in [-0.2, 0) is 9.53 Å². The fraction of sp³-hybridized carbons (Fsp3) is 0.724. The summed E-state index contributed by atoms with van der Waals surface area (Å²) in [6.45, 7) is 13.5. The van der Waals surface area contributed by atoms with Crippen LogP contribution < -0.4 is 15.5 Å². The molecule has 0 spiro atoms. The van der Waals surface area contributed by atoms with E-state index in [1.54, 1.807) is 0 Å². The fourth-order valence-corrected chi connectivity index (χ4v) is 6.44. The number of benzene rings is 1. The Hall–Kier alpha value is -2.12. The van der Waals surface area contributed by atoms with Crippen LogP contribution in [0.25, 0.3) is 0 Å². The van der Waals surface area contributed by atoms with Gasteiger partial charge in [-0.2, -0.15) is 0 Å². The van der Waals surface area contributed by atoms with Crippen molar-refractivity contribution in [3.63, 3.8) is 0 Å². The van der Waals surface area contributed by atoms with Crippen LogP contribution in [-0.4, -0.2) is 75.2 Å². The molecule has 3 saturated heterocycles. The van der Waals surface area contributed by atoms with Gasteiger partial charge in [-0.05, 0) is 108 Å². The number of piperidine rings is 2. The first kappa shape index (κ1) is 26.9. The quantitative estimate of drug-likeness (QED) is 0.600. The van der Waals surface area contributed by atoms with Crippen molar-refractivity contribution in [2.24, 2.45) is 11.8 Å². The van der Waals surface area contributed by atoms with Gasteiger partial charge in [-0.25, -0.2) is 0 Å². The van der Waals surface area contributed by atoms with E-state index in [1.807, 2.05) is 6.92 Å². The summed E-state index contributed by atoms with van der Waals surface area (Å²) in [6.07, 6.45) is 5.20. The van der Waals surface area contributed by atoms with Gasteiger partial charge in [0.25, 0.3) is 5.91 Å². The first-order valence-electron chi connectivity index (χ1n) is 14.0. The minimum Gasteiger partial charge on any atom is -0.381 e. The average Bonchev–Trinajstić information content (AvgIpc) is 2.86. The summed E-state index contributed by atoms with van der Waals surface area (Å²) >= 11 is 0. The van der Waals surface area contributed by atoms with E-state index >= 15 is 0 Å². The molecule has 3 aliphatic rings. The van der Waals surface area contributed by atoms with Gasteiger partial charge in [0.05, 0.1) is 5.92 Å². The van der Waals surface area contributed by atoms with Crippen LogP contribution in [0.3, 0.4) is 0 Å². The molecule has 3 aliphatic heterocycles. The maximum absolute atomic E-state index is 13.6. The van der Waals surface area contributed by atoms with E-state index in [2.05, 4.69) is 60.4 Å². The number of ether oxygens (including phenoxy) is 1. The van der Waals surface area contributed by atoms with Crippen LogP contribution >= 0.6 is 0 Å². The Morgan fingerprint density at radius 3 is 2.50 bits per heavy atom. The van der Waals surface area contributed by atoms with Gasteiger partial charge in [0.1, 0.15) is 0 Å². The fourth-order valence-electron chi connectivity index (χ4n) is 6.44. The zero-order chi connectivity index (χ0) is 25.8. The largest absolute Gasteiger partial charge is 0.381 e. The van der Waals surface area contributed by atoms with Crippen molar-refractivity contribution in [3.8, 4) is 0 Å². The smallest absolute Gasteiger partial charge is 0.251 e. The maximum Gasteiger partial charge on any atom is 0.251 e. The van der Waals surface area contributed by atoms with E-state index in [4.69, 9.17) is 4.74 Å². The highest BCUT2D eigenvalue weighted by Crippen LogP contribution is 2.36. The molecule has 7 heteroatoms. The highest BCUT2D eigenvalue weighted by atomic mass is 16.5. The lowest BCUT2D eigenvalue weighted by Crippen LogP contribution is -2.50. The molecule has 1 aromatic carbocycles. The molecule has 36 heavy (non-hydrogen) atoms. The summed E-state index contributed by atoms with van der Waals surface area (Å²) in [7, 11) is 2.18. The van der Waals surface area contributed by atoms with Crippen molar-refractivity contribution < 1.29 is 14.3 Å². The lowest BCUT2D eigenvalue weighted by atomic mass is 9.84. The van der Waals surface area contributed by atoms with Crippen LogP contribution in [0.1, 0.15) is 80.3 Å². The van der Waals surface area contributed by atoms with Gasteiger partial charge in [-0.1, -0.05) is 6.92 Å². The molecule has 3 atom stereocenters. The molecular weight excluding hydrogens is 452 g/mol. The number of hydrogen-bond donors (Lipinski definition) is 2. The first-order valence-corrected chi connectivity index (χ1v) is 14.0. The third kappa shape index (κ3) is 6.05. The Balaban J connectivity index is 1.61. The summed E-state index contributed by atoms with van der Waals surface area (Å²) in [6, 6.07) is 5.12. The van der Waals surface area contributed by atoms with E-state index in [0.29, 0.717) is 18.5 Å². The van der Waals surface area contributed by atoms with Gasteiger partial charge in [0.15, 0.2) is 0 Å². The van der Waals surface area contributed by atoms with Crippen molar-refractivity contribution in [2.75, 3.05) is 51.3 Å². The predicted molar refractivity (Wildman–Crippen MR) is 145 cm³/mol. The molecule has 7 nitrogen and oxygen atoms in total. The van der Waals surface area contributed by atoms with Crippen LogP contribution in [0, 0.1) is 18.8 Å². The Labute approximate surface area is 217 Å². The second-order valence-electron chi connectivity index (χ2n) is 11.4. The van der Waals surface area contributed by atoms with Crippen molar-refractivity contribution in [3.05, 3.63) is 28.8 Å². The van der Waals surface area contributed by atoms with Crippen LogP contribution in [0.4, 0.5) is 5.69 Å². The molecule has 3 fully saturated rings. The first-order chi connectivity index (χ1) is 17.3. The average molecular weight is 499 g/mol. The number of carbonyl (C=O) groups is 2. The number of hydrogen-bond acceptors (Lipinski definition) is 5. The standard InChI is InChI=1S/C29H46N4O3/c1-6-33(24-9-13-36-14-10-24)27-17-23(22-7-11-32(5)12-8-22)16-25(21(27)4)28(34)30-18-26-19(2)15-20(3)31-29(26)35/h16-17,19-20,22,24,26H,6-15,18H2,1-5H3,(H,30,34)(H,31,35). The van der Waals surface area contributed by atoms with Crippen molar-refractivity contribution in [1.82, 2.24) is 15.5 Å². The van der Waals surface area contributed by atoms with E-state index in [0.717, 1.165) is 76.1 Å². The Morgan fingerprint density at radius 1 is 1.17 bits per heavy atom. The molecule has 1 aromatic rings. The van der Waals surface area contributed by atoms with Crippen LogP contribution in [0.15, 0.2) is 12.1 Å². The van der Waals surface area contributed by atoms with Gasteiger partial charge < -0.3 is 25.2 Å². The summed E-state index contributed by atoms with van der Waals surface area (Å²) in [5.41, 5.74) is 4.25. The number of likely N-dealkylation sites (tertiary alicyclic amines) is 1. The van der Waals surface area contributed by atoms with Crippen molar-refractivity contribution in [1.29, 1.82) is 0 Å². The second kappa shape index (κ2) is 12.0. The predicted octanol–water partition coefficient (Wildman–Crippen LogP) is 3.70. The zero-order valence-electron chi connectivity index (χ0n) is 22.9. The number of carbonyl (C=O) groups excluding carboxylic acids is 2. The Morgan fingerprint density at radius 2 is 1.86 bits per heavy atom. The number of nitrogens with one attached hydrogen (secondary N) is 2. The van der Waals surface area contributed by atoms with Gasteiger partial charge >= 0.3 is 0 Å². The molecule has 200 valence electrons. The van der Waals surface area contributed by atoms with Crippen LogP contribution in [0.2, 0.25) is 0 Å². The summed E-state index contributed by atoms with van der Waals surface area (Å²) in [5.74, 6) is 0.517. The molecule has 2 amide bonds. The summed E-state index contributed by atoms with van der Waals surface area (Å²) in [4.78, 5) is 31.1. The van der Waals surface area contributed by atoms with Crippen LogP contribution in [0.5, 0.6) is 0 Å². The summed E-state index contributed by atoms with van der Waals surface area (Å²) in [5, 5.41) is 6.19. The maximum atomic E-state index is 13.6. The topological polar surface area (TPSA) is 73.9 Å². The van der Waals surface area contributed by atoms with Crippen molar-refractivity contribution >= 4 is 17.5 Å². The second-order valence-corrected chi connectivity index (χ2v) is 11.4. The van der Waals surface area contributed by atoms with E-state index in [9.17, 15) is 9.59 Å². The van der Waals surface area contributed by atoms with E-state index in [-0.39, 0.29) is 29.7 Å². The van der Waals surface area contributed by atoms with Gasteiger partial charge in [-0.15, -0.1) is 0 Å². The van der Waals surface area contributed by atoms with Gasteiger partial charge in [0.2, 0.25) is 5.91 Å². The molecule has 0 saturated carbocycles.